The van der Waals surface area contributed by atoms with Crippen molar-refractivity contribution in [3.05, 3.63) is 47.2 Å². The molecule has 6 nitrogen and oxygen atoms in total. The summed E-state index contributed by atoms with van der Waals surface area (Å²) >= 11 is 0. The first-order valence-corrected chi connectivity index (χ1v) is 5.70. The van der Waals surface area contributed by atoms with Gasteiger partial charge in [-0.25, -0.2) is 4.79 Å². The van der Waals surface area contributed by atoms with Crippen LogP contribution < -0.4 is 5.32 Å². The molecular formula is C13H13N3O3. The molecule has 0 spiro atoms. The van der Waals surface area contributed by atoms with Gasteiger partial charge in [-0.3, -0.25) is 9.89 Å². The number of amides is 1. The number of benzene rings is 1. The molecule has 6 heteroatoms. The van der Waals surface area contributed by atoms with Crippen molar-refractivity contribution in [1.29, 1.82) is 0 Å². The molecule has 0 radical (unpaired) electrons. The lowest BCUT2D eigenvalue weighted by atomic mass is 10.1. The normalized spacial score (nSPS) is 10.2. The van der Waals surface area contributed by atoms with Gasteiger partial charge in [-0.15, -0.1) is 0 Å². The number of H-pyrrole nitrogens is 1. The predicted molar refractivity (Wildman–Crippen MR) is 69.1 cm³/mol. The molecule has 0 fully saturated rings. The van der Waals surface area contributed by atoms with E-state index in [1.165, 1.54) is 0 Å². The van der Waals surface area contributed by atoms with E-state index in [0.29, 0.717) is 5.69 Å². The highest BCUT2D eigenvalue weighted by atomic mass is 16.4. The SMILES string of the molecule is Cc1[nH]nc(NC(=O)Cc2ccccc2)c1C(=O)O. The summed E-state index contributed by atoms with van der Waals surface area (Å²) in [5.41, 5.74) is 1.24. The number of aryl methyl sites for hydroxylation is 1. The van der Waals surface area contributed by atoms with Gasteiger partial charge < -0.3 is 10.4 Å². The number of aromatic nitrogens is 2. The minimum Gasteiger partial charge on any atom is -0.477 e. The van der Waals surface area contributed by atoms with Crippen molar-refractivity contribution in [2.24, 2.45) is 0 Å². The van der Waals surface area contributed by atoms with E-state index in [-0.39, 0.29) is 23.7 Å². The molecule has 1 aromatic carbocycles. The van der Waals surface area contributed by atoms with Crippen LogP contribution in [0, 0.1) is 6.92 Å². The van der Waals surface area contributed by atoms with Gasteiger partial charge in [-0.05, 0) is 12.5 Å². The van der Waals surface area contributed by atoms with Gasteiger partial charge >= 0.3 is 5.97 Å². The van der Waals surface area contributed by atoms with Crippen LogP contribution in [0.3, 0.4) is 0 Å². The molecule has 98 valence electrons. The lowest BCUT2D eigenvalue weighted by Gasteiger charge is -2.03. The molecule has 0 atom stereocenters. The number of anilines is 1. The van der Waals surface area contributed by atoms with E-state index >= 15 is 0 Å². The zero-order chi connectivity index (χ0) is 13.8. The topological polar surface area (TPSA) is 95.1 Å². The van der Waals surface area contributed by atoms with Crippen molar-refractivity contribution in [3.8, 4) is 0 Å². The van der Waals surface area contributed by atoms with Crippen LogP contribution in [0.1, 0.15) is 21.6 Å². The first-order valence-electron chi connectivity index (χ1n) is 5.70. The third-order valence-electron chi connectivity index (χ3n) is 2.63. The Hall–Kier alpha value is -2.63. The van der Waals surface area contributed by atoms with Crippen LogP contribution in [-0.2, 0) is 11.2 Å². The standard InChI is InChI=1S/C13H13N3O3/c1-8-11(13(18)19)12(16-15-8)14-10(17)7-9-5-3-2-4-6-9/h2-6H,7H2,1H3,(H,18,19)(H2,14,15,16,17). The van der Waals surface area contributed by atoms with Gasteiger partial charge in [-0.1, -0.05) is 30.3 Å². The van der Waals surface area contributed by atoms with Crippen molar-refractivity contribution >= 4 is 17.7 Å². The quantitative estimate of drug-likeness (QED) is 0.777. The van der Waals surface area contributed by atoms with Crippen LogP contribution >= 0.6 is 0 Å². The van der Waals surface area contributed by atoms with E-state index in [2.05, 4.69) is 15.5 Å². The molecule has 0 aliphatic carbocycles. The second-order valence-corrected chi connectivity index (χ2v) is 4.09. The van der Waals surface area contributed by atoms with Gasteiger partial charge in [0.2, 0.25) is 5.91 Å². The summed E-state index contributed by atoms with van der Waals surface area (Å²) in [6.45, 7) is 1.59. The molecule has 0 bridgehead atoms. The van der Waals surface area contributed by atoms with Crippen molar-refractivity contribution in [2.75, 3.05) is 5.32 Å². The maximum absolute atomic E-state index is 11.8. The summed E-state index contributed by atoms with van der Waals surface area (Å²) < 4.78 is 0. The Morgan fingerprint density at radius 1 is 1.32 bits per heavy atom. The van der Waals surface area contributed by atoms with Gasteiger partial charge in [0.25, 0.3) is 0 Å². The van der Waals surface area contributed by atoms with E-state index in [9.17, 15) is 9.59 Å². The largest absolute Gasteiger partial charge is 0.477 e. The number of nitrogens with zero attached hydrogens (tertiary/aromatic N) is 1. The van der Waals surface area contributed by atoms with Crippen LogP contribution in [0.2, 0.25) is 0 Å². The Balaban J connectivity index is 2.10. The Morgan fingerprint density at radius 3 is 2.63 bits per heavy atom. The fourth-order valence-corrected chi connectivity index (χ4v) is 1.74. The van der Waals surface area contributed by atoms with Gasteiger partial charge in [0.15, 0.2) is 5.82 Å². The molecule has 0 saturated carbocycles. The molecule has 1 amide bonds. The van der Waals surface area contributed by atoms with Crippen molar-refractivity contribution in [2.45, 2.75) is 13.3 Å². The Kier molecular flexibility index (Phi) is 3.61. The maximum atomic E-state index is 11.8. The molecule has 0 unspecified atom stereocenters. The fourth-order valence-electron chi connectivity index (χ4n) is 1.74. The number of carboxylic acids is 1. The smallest absolute Gasteiger partial charge is 0.341 e. The van der Waals surface area contributed by atoms with Gasteiger partial charge in [-0.2, -0.15) is 5.10 Å². The zero-order valence-corrected chi connectivity index (χ0v) is 10.3. The number of hydrogen-bond acceptors (Lipinski definition) is 3. The Bertz CT molecular complexity index is 605. The van der Waals surface area contributed by atoms with Crippen LogP contribution in [-0.4, -0.2) is 27.2 Å². The molecule has 1 aromatic heterocycles. The monoisotopic (exact) mass is 259 g/mol. The predicted octanol–water partition coefficient (Wildman–Crippen LogP) is 1.60. The second-order valence-electron chi connectivity index (χ2n) is 4.09. The van der Waals surface area contributed by atoms with Gasteiger partial charge in [0.1, 0.15) is 5.56 Å². The number of rotatable bonds is 4. The number of carbonyl (C=O) groups excluding carboxylic acids is 1. The lowest BCUT2D eigenvalue weighted by Crippen LogP contribution is -2.16. The van der Waals surface area contributed by atoms with Gasteiger partial charge in [0.05, 0.1) is 6.42 Å². The molecule has 2 rings (SSSR count). The number of aromatic carboxylic acids is 1. The van der Waals surface area contributed by atoms with Crippen LogP contribution in [0.25, 0.3) is 0 Å². The highest BCUT2D eigenvalue weighted by Crippen LogP contribution is 2.16. The molecule has 19 heavy (non-hydrogen) atoms. The molecule has 2 aromatic rings. The molecule has 0 aliphatic rings. The van der Waals surface area contributed by atoms with Crippen LogP contribution in [0.5, 0.6) is 0 Å². The number of aromatic amines is 1. The number of hydrogen-bond donors (Lipinski definition) is 3. The highest BCUT2D eigenvalue weighted by Gasteiger charge is 2.18. The van der Waals surface area contributed by atoms with E-state index in [4.69, 9.17) is 5.11 Å². The van der Waals surface area contributed by atoms with E-state index in [1.54, 1.807) is 6.92 Å². The molecule has 1 heterocycles. The van der Waals surface area contributed by atoms with E-state index in [0.717, 1.165) is 5.56 Å². The summed E-state index contributed by atoms with van der Waals surface area (Å²) in [6.07, 6.45) is 0.172. The molecule has 3 N–H and O–H groups in total. The lowest BCUT2D eigenvalue weighted by molar-refractivity contribution is -0.115. The maximum Gasteiger partial charge on any atom is 0.341 e. The summed E-state index contributed by atoms with van der Waals surface area (Å²) in [7, 11) is 0. The molecular weight excluding hydrogens is 246 g/mol. The van der Waals surface area contributed by atoms with Crippen molar-refractivity contribution in [3.63, 3.8) is 0 Å². The average Bonchev–Trinajstić information content (AvgIpc) is 2.71. The molecule has 0 saturated heterocycles. The number of nitrogens with one attached hydrogen (secondary N) is 2. The minimum absolute atomic E-state index is 0.0126. The number of carboxylic acid groups (broad SMARTS) is 1. The summed E-state index contributed by atoms with van der Waals surface area (Å²) in [6, 6.07) is 9.19. The first-order chi connectivity index (χ1) is 9.08. The first kappa shape index (κ1) is 12.8. The highest BCUT2D eigenvalue weighted by molar-refractivity contribution is 6.00. The Morgan fingerprint density at radius 2 is 2.00 bits per heavy atom. The van der Waals surface area contributed by atoms with Crippen LogP contribution in [0.4, 0.5) is 5.82 Å². The second kappa shape index (κ2) is 5.34. The molecule has 0 aliphatic heterocycles. The van der Waals surface area contributed by atoms with E-state index in [1.807, 2.05) is 30.3 Å². The zero-order valence-electron chi connectivity index (χ0n) is 10.3. The number of carbonyl (C=O) groups is 2. The summed E-state index contributed by atoms with van der Waals surface area (Å²) in [5.74, 6) is -1.38. The summed E-state index contributed by atoms with van der Waals surface area (Å²) in [4.78, 5) is 22.8. The third-order valence-corrected chi connectivity index (χ3v) is 2.63. The minimum atomic E-state index is -1.12. The van der Waals surface area contributed by atoms with Gasteiger partial charge in [0, 0.05) is 5.69 Å². The third kappa shape index (κ3) is 2.98. The van der Waals surface area contributed by atoms with E-state index < -0.39 is 5.97 Å². The fraction of sp³-hybridized carbons (Fsp3) is 0.154. The van der Waals surface area contributed by atoms with Crippen molar-refractivity contribution < 1.29 is 14.7 Å². The van der Waals surface area contributed by atoms with Crippen LogP contribution in [0.15, 0.2) is 30.3 Å². The summed E-state index contributed by atoms with van der Waals surface area (Å²) in [5, 5.41) is 17.8. The average molecular weight is 259 g/mol. The Labute approximate surface area is 109 Å². The van der Waals surface area contributed by atoms with Crippen molar-refractivity contribution in [1.82, 2.24) is 10.2 Å².